The van der Waals surface area contributed by atoms with Crippen LogP contribution in [-0.4, -0.2) is 6.10 Å². The van der Waals surface area contributed by atoms with Gasteiger partial charge in [0.2, 0.25) is 0 Å². The molecule has 0 spiro atoms. The van der Waals surface area contributed by atoms with Gasteiger partial charge in [0, 0.05) is 0 Å². The van der Waals surface area contributed by atoms with Crippen LogP contribution in [0.3, 0.4) is 0 Å². The van der Waals surface area contributed by atoms with Crippen LogP contribution in [-0.2, 0) is 0 Å². The predicted molar refractivity (Wildman–Crippen MR) is 67.7 cm³/mol. The fourth-order valence-corrected chi connectivity index (χ4v) is 2.86. The van der Waals surface area contributed by atoms with E-state index in [-0.39, 0.29) is 11.7 Å². The molecule has 1 fully saturated rings. The molecule has 2 atom stereocenters. The molecule has 3 heteroatoms. The summed E-state index contributed by atoms with van der Waals surface area (Å²) in [6.07, 6.45) is 3.27. The number of rotatable bonds is 2. The summed E-state index contributed by atoms with van der Waals surface area (Å²) in [5.74, 6) is 1.12. The van der Waals surface area contributed by atoms with E-state index in [4.69, 9.17) is 10.00 Å². The van der Waals surface area contributed by atoms with Crippen molar-refractivity contribution in [1.82, 2.24) is 0 Å². The molecule has 0 saturated heterocycles. The van der Waals surface area contributed by atoms with Gasteiger partial charge in [-0.3, -0.25) is 0 Å². The second-order valence-corrected chi connectivity index (χ2v) is 5.38. The second-order valence-electron chi connectivity index (χ2n) is 5.38. The van der Waals surface area contributed by atoms with Gasteiger partial charge < -0.3 is 4.74 Å². The van der Waals surface area contributed by atoms with E-state index in [1.165, 1.54) is 12.5 Å². The Morgan fingerprint density at radius 1 is 1.22 bits per heavy atom. The van der Waals surface area contributed by atoms with Crippen LogP contribution in [0.4, 0.5) is 4.39 Å². The molecule has 0 aliphatic heterocycles. The Bertz CT molecular complexity index is 456. The van der Waals surface area contributed by atoms with E-state index in [0.717, 1.165) is 12.8 Å². The minimum absolute atomic E-state index is 0.0170. The molecule has 1 aromatic carbocycles. The van der Waals surface area contributed by atoms with Crippen LogP contribution in [0.5, 0.6) is 5.75 Å². The van der Waals surface area contributed by atoms with Crippen LogP contribution in [0, 0.1) is 29.0 Å². The number of nitriles is 1. The maximum atomic E-state index is 13.5. The highest BCUT2D eigenvalue weighted by Crippen LogP contribution is 2.32. The molecule has 2 rings (SSSR count). The molecule has 1 aliphatic carbocycles. The van der Waals surface area contributed by atoms with Gasteiger partial charge in [-0.1, -0.05) is 19.9 Å². The lowest BCUT2D eigenvalue weighted by Crippen LogP contribution is -2.28. The number of benzene rings is 1. The summed E-state index contributed by atoms with van der Waals surface area (Å²) in [6, 6.07) is 6.42. The van der Waals surface area contributed by atoms with E-state index in [2.05, 4.69) is 13.8 Å². The van der Waals surface area contributed by atoms with Crippen molar-refractivity contribution in [2.24, 2.45) is 11.8 Å². The van der Waals surface area contributed by atoms with Crippen LogP contribution in [0.1, 0.15) is 38.7 Å². The average Bonchev–Trinajstić information content (AvgIpc) is 2.27. The molecule has 96 valence electrons. The summed E-state index contributed by atoms with van der Waals surface area (Å²) in [5, 5.41) is 8.96. The van der Waals surface area contributed by atoms with E-state index in [9.17, 15) is 4.39 Å². The zero-order chi connectivity index (χ0) is 13.1. The molecule has 0 heterocycles. The average molecular weight is 247 g/mol. The molecule has 1 aromatic rings. The molecule has 0 bridgehead atoms. The third-order valence-corrected chi connectivity index (χ3v) is 3.52. The maximum Gasteiger partial charge on any atom is 0.144 e. The van der Waals surface area contributed by atoms with Crippen molar-refractivity contribution in [3.8, 4) is 11.8 Å². The zero-order valence-electron chi connectivity index (χ0n) is 10.8. The van der Waals surface area contributed by atoms with E-state index in [1.54, 1.807) is 12.1 Å². The molecule has 18 heavy (non-hydrogen) atoms. The molecule has 0 amide bonds. The van der Waals surface area contributed by atoms with Gasteiger partial charge in [0.15, 0.2) is 0 Å². The number of halogens is 1. The number of hydrogen-bond donors (Lipinski definition) is 0. The Morgan fingerprint density at radius 3 is 2.50 bits per heavy atom. The molecule has 2 nitrogen and oxygen atoms in total. The predicted octanol–water partition coefficient (Wildman–Crippen LogP) is 3.90. The first-order valence-electron chi connectivity index (χ1n) is 6.45. The van der Waals surface area contributed by atoms with Gasteiger partial charge in [0.05, 0.1) is 6.10 Å². The third-order valence-electron chi connectivity index (χ3n) is 3.52. The van der Waals surface area contributed by atoms with Gasteiger partial charge in [0.25, 0.3) is 0 Å². The summed E-state index contributed by atoms with van der Waals surface area (Å²) in [4.78, 5) is 0. The smallest absolute Gasteiger partial charge is 0.144 e. The van der Waals surface area contributed by atoms with Crippen LogP contribution in [0.15, 0.2) is 18.2 Å². The summed E-state index contributed by atoms with van der Waals surface area (Å²) < 4.78 is 19.3. The molecule has 0 N–H and O–H groups in total. The Balaban J connectivity index is 2.14. The molecule has 1 aliphatic rings. The lowest BCUT2D eigenvalue weighted by molar-refractivity contribution is 0.100. The Morgan fingerprint density at radius 2 is 1.89 bits per heavy atom. The lowest BCUT2D eigenvalue weighted by Gasteiger charge is -2.31. The fourth-order valence-electron chi connectivity index (χ4n) is 2.86. The van der Waals surface area contributed by atoms with Crippen LogP contribution in [0.25, 0.3) is 0 Å². The highest BCUT2D eigenvalue weighted by Gasteiger charge is 2.26. The Labute approximate surface area is 107 Å². The van der Waals surface area contributed by atoms with Crippen molar-refractivity contribution >= 4 is 0 Å². The van der Waals surface area contributed by atoms with Gasteiger partial charge in [-0.15, -0.1) is 0 Å². The van der Waals surface area contributed by atoms with Crippen LogP contribution >= 0.6 is 0 Å². The fraction of sp³-hybridized carbons (Fsp3) is 0.533. The SMILES string of the molecule is CC1CC(C)CC(Oc2cccc(F)c2C#N)C1. The molecule has 0 aromatic heterocycles. The van der Waals surface area contributed by atoms with Crippen molar-refractivity contribution in [3.05, 3.63) is 29.6 Å². The highest BCUT2D eigenvalue weighted by atomic mass is 19.1. The summed E-state index contributed by atoms with van der Waals surface area (Å²) in [6.45, 7) is 4.42. The number of nitrogens with zero attached hydrogens (tertiary/aromatic N) is 1. The summed E-state index contributed by atoms with van der Waals surface area (Å²) in [7, 11) is 0. The molecule has 2 unspecified atom stereocenters. The standard InChI is InChI=1S/C15H18FNO/c1-10-6-11(2)8-12(7-10)18-15-5-3-4-14(16)13(15)9-17/h3-5,10-12H,6-8H2,1-2H3. The van der Waals surface area contributed by atoms with E-state index in [1.807, 2.05) is 6.07 Å². The normalized spacial score (nSPS) is 27.6. The van der Waals surface area contributed by atoms with Crippen molar-refractivity contribution in [2.45, 2.75) is 39.2 Å². The van der Waals surface area contributed by atoms with Crippen LogP contribution in [0.2, 0.25) is 0 Å². The van der Waals surface area contributed by atoms with Crippen molar-refractivity contribution < 1.29 is 9.13 Å². The van der Waals surface area contributed by atoms with E-state index in [0.29, 0.717) is 17.6 Å². The van der Waals surface area contributed by atoms with E-state index >= 15 is 0 Å². The lowest BCUT2D eigenvalue weighted by atomic mass is 9.82. The minimum atomic E-state index is -0.507. The maximum absolute atomic E-state index is 13.5. The third kappa shape index (κ3) is 2.81. The summed E-state index contributed by atoms with van der Waals surface area (Å²) in [5.41, 5.74) is 0.0170. The molecule has 1 saturated carbocycles. The summed E-state index contributed by atoms with van der Waals surface area (Å²) >= 11 is 0. The van der Waals surface area contributed by atoms with E-state index < -0.39 is 5.82 Å². The second kappa shape index (κ2) is 5.39. The Kier molecular flexibility index (Phi) is 3.86. The first-order chi connectivity index (χ1) is 8.60. The topological polar surface area (TPSA) is 33.0 Å². The molecular formula is C15H18FNO. The largest absolute Gasteiger partial charge is 0.489 e. The Hall–Kier alpha value is -1.56. The minimum Gasteiger partial charge on any atom is -0.489 e. The van der Waals surface area contributed by atoms with Gasteiger partial charge in [0.1, 0.15) is 23.2 Å². The number of hydrogen-bond acceptors (Lipinski definition) is 2. The van der Waals surface area contributed by atoms with Crippen molar-refractivity contribution in [3.63, 3.8) is 0 Å². The van der Waals surface area contributed by atoms with Crippen molar-refractivity contribution in [1.29, 1.82) is 5.26 Å². The van der Waals surface area contributed by atoms with Gasteiger partial charge in [-0.2, -0.15) is 5.26 Å². The zero-order valence-corrected chi connectivity index (χ0v) is 10.8. The number of ether oxygens (including phenoxy) is 1. The first kappa shape index (κ1) is 12.9. The molecule has 0 radical (unpaired) electrons. The van der Waals surface area contributed by atoms with Gasteiger partial charge in [-0.25, -0.2) is 4.39 Å². The highest BCUT2D eigenvalue weighted by molar-refractivity contribution is 5.43. The van der Waals surface area contributed by atoms with Gasteiger partial charge >= 0.3 is 0 Å². The first-order valence-corrected chi connectivity index (χ1v) is 6.45. The molecular weight excluding hydrogens is 229 g/mol. The quantitative estimate of drug-likeness (QED) is 0.794. The van der Waals surface area contributed by atoms with Gasteiger partial charge in [-0.05, 0) is 43.2 Å². The van der Waals surface area contributed by atoms with Crippen molar-refractivity contribution in [2.75, 3.05) is 0 Å². The monoisotopic (exact) mass is 247 g/mol. The van der Waals surface area contributed by atoms with Crippen LogP contribution < -0.4 is 4.74 Å².